The Bertz CT molecular complexity index is 1550. The Morgan fingerprint density at radius 1 is 0.886 bits per heavy atom. The molecule has 2 amide bonds. The molecule has 4 aliphatic rings. The van der Waals surface area contributed by atoms with E-state index in [1.165, 1.54) is 0 Å². The number of hydrogen-bond donors (Lipinski definition) is 1. The summed E-state index contributed by atoms with van der Waals surface area (Å²) in [5.74, 6) is 1.61. The number of ether oxygens (including phenoxy) is 3. The van der Waals surface area contributed by atoms with E-state index in [4.69, 9.17) is 14.2 Å². The van der Waals surface area contributed by atoms with Crippen LogP contribution in [-0.4, -0.2) is 91.7 Å². The van der Waals surface area contributed by atoms with Crippen molar-refractivity contribution in [1.29, 1.82) is 0 Å². The lowest BCUT2D eigenvalue weighted by atomic mass is 10.1. The number of likely N-dealkylation sites (N-methyl/N-ethyl adjacent to an activating group) is 1. The zero-order chi connectivity index (χ0) is 31.1. The minimum absolute atomic E-state index is 0.0665. The lowest BCUT2D eigenvalue weighted by Crippen LogP contribution is -2.47. The van der Waals surface area contributed by atoms with E-state index < -0.39 is 6.23 Å². The molecule has 10 heteroatoms. The largest absolute Gasteiger partial charge is 0.493 e. The highest BCUT2D eigenvalue weighted by Crippen LogP contribution is 2.40. The third-order valence-corrected chi connectivity index (χ3v) is 8.95. The number of methoxy groups -OCH3 is 1. The number of anilines is 1. The molecule has 1 N–H and O–H groups in total. The third kappa shape index (κ3) is 5.43. The van der Waals surface area contributed by atoms with E-state index in [0.29, 0.717) is 72.5 Å². The molecule has 0 radical (unpaired) electrons. The molecule has 10 nitrogen and oxygen atoms in total. The van der Waals surface area contributed by atoms with Gasteiger partial charge in [-0.25, -0.2) is 0 Å². The Morgan fingerprint density at radius 3 is 2.32 bits per heavy atom. The van der Waals surface area contributed by atoms with Gasteiger partial charge in [0.05, 0.1) is 54.9 Å². The summed E-state index contributed by atoms with van der Waals surface area (Å²) in [5.41, 5.74) is 5.19. The number of carbonyl (C=O) groups excluding carboxylic acids is 2. The van der Waals surface area contributed by atoms with Gasteiger partial charge in [-0.2, -0.15) is 0 Å². The second-order valence-corrected chi connectivity index (χ2v) is 12.1. The van der Waals surface area contributed by atoms with E-state index in [2.05, 4.69) is 18.2 Å². The quantitative estimate of drug-likeness (QED) is 0.330. The van der Waals surface area contributed by atoms with Crippen LogP contribution in [-0.2, 0) is 0 Å². The molecular formula is C34H40N4O6. The van der Waals surface area contributed by atoms with Gasteiger partial charge in [0, 0.05) is 38.5 Å². The molecule has 44 heavy (non-hydrogen) atoms. The van der Waals surface area contributed by atoms with Crippen LogP contribution in [0.5, 0.6) is 17.2 Å². The highest BCUT2D eigenvalue weighted by atomic mass is 16.5. The van der Waals surface area contributed by atoms with Gasteiger partial charge in [0.1, 0.15) is 12.0 Å². The molecular weight excluding hydrogens is 560 g/mol. The van der Waals surface area contributed by atoms with Crippen molar-refractivity contribution in [2.24, 2.45) is 4.99 Å². The summed E-state index contributed by atoms with van der Waals surface area (Å²) in [6.45, 7) is 12.0. The summed E-state index contributed by atoms with van der Waals surface area (Å²) in [6, 6.07) is 6.85. The fourth-order valence-electron chi connectivity index (χ4n) is 6.52. The Morgan fingerprint density at radius 2 is 1.57 bits per heavy atom. The van der Waals surface area contributed by atoms with Gasteiger partial charge in [0.15, 0.2) is 11.5 Å². The third-order valence-electron chi connectivity index (χ3n) is 8.95. The Hall–Kier alpha value is -4.31. The van der Waals surface area contributed by atoms with Crippen molar-refractivity contribution in [3.05, 3.63) is 65.3 Å². The van der Waals surface area contributed by atoms with Crippen molar-refractivity contribution >= 4 is 29.4 Å². The van der Waals surface area contributed by atoms with Gasteiger partial charge >= 0.3 is 0 Å². The van der Waals surface area contributed by atoms with Crippen LogP contribution in [0.3, 0.4) is 0 Å². The topological polar surface area (TPSA) is 104 Å². The second kappa shape index (κ2) is 12.0. The molecule has 2 saturated heterocycles. The second-order valence-electron chi connectivity index (χ2n) is 12.1. The zero-order valence-electron chi connectivity index (χ0n) is 25.7. The van der Waals surface area contributed by atoms with Crippen LogP contribution < -0.4 is 19.1 Å². The molecule has 0 spiro atoms. The molecule has 2 aromatic carbocycles. The van der Waals surface area contributed by atoms with E-state index in [0.717, 1.165) is 42.4 Å². The van der Waals surface area contributed by atoms with Crippen molar-refractivity contribution in [2.45, 2.75) is 57.3 Å². The number of rotatable bonds is 9. The van der Waals surface area contributed by atoms with Crippen LogP contribution in [0.15, 0.2) is 53.6 Å². The molecule has 2 aromatic rings. The predicted molar refractivity (Wildman–Crippen MR) is 169 cm³/mol. The van der Waals surface area contributed by atoms with Crippen LogP contribution >= 0.6 is 0 Å². The summed E-state index contributed by atoms with van der Waals surface area (Å²) in [7, 11) is 3.38. The monoisotopic (exact) mass is 600 g/mol. The summed E-state index contributed by atoms with van der Waals surface area (Å²) >= 11 is 0. The van der Waals surface area contributed by atoms with E-state index in [1.807, 2.05) is 32.3 Å². The highest BCUT2D eigenvalue weighted by molar-refractivity contribution is 6.04. The van der Waals surface area contributed by atoms with E-state index in [1.54, 1.807) is 33.9 Å². The zero-order valence-corrected chi connectivity index (χ0v) is 25.7. The molecule has 6 rings (SSSR count). The van der Waals surface area contributed by atoms with Crippen molar-refractivity contribution in [1.82, 2.24) is 9.80 Å². The Kier molecular flexibility index (Phi) is 8.11. The SMILES string of the molecule is C=C1C[C@H]2C=Nc3cc(OCCCCCOc4cc5c(cc4C)C(=O)N4CC(=C)C[C@H]4[C@H](O)N5C)c(OC)cc3C(=O)N2C1. The van der Waals surface area contributed by atoms with E-state index in [9.17, 15) is 14.7 Å². The number of fused-ring (bicyclic) bond motifs is 4. The number of amides is 2. The average molecular weight is 601 g/mol. The number of aliphatic imine (C=N–C) groups is 1. The summed E-state index contributed by atoms with van der Waals surface area (Å²) < 4.78 is 17.7. The van der Waals surface area contributed by atoms with Gasteiger partial charge in [-0.3, -0.25) is 14.6 Å². The molecule has 3 atom stereocenters. The molecule has 4 aliphatic heterocycles. The van der Waals surface area contributed by atoms with Gasteiger partial charge in [0.25, 0.3) is 11.8 Å². The number of benzene rings is 2. The number of carbonyl (C=O) groups is 2. The molecule has 0 aliphatic carbocycles. The van der Waals surface area contributed by atoms with Crippen molar-refractivity contribution < 1.29 is 28.9 Å². The standard InChI is InChI=1S/C34H40N4O6/c1-20-11-23-17-35-26-15-31(30(42-5)14-24(26)32(39)37(23)18-20)44-10-8-6-7-9-43-29-16-27-25(13-22(29)3)33(40)38-19-21(2)12-28(38)34(41)36(27)4/h13-17,23,28,34,41H,1-2,6-12,18-19H2,3-5H3/t23-,28-,34-/m0/s1. The molecule has 0 aromatic heterocycles. The molecule has 4 heterocycles. The molecule has 0 unspecified atom stereocenters. The maximum Gasteiger partial charge on any atom is 0.257 e. The molecule has 2 fully saturated rings. The fraction of sp³-hybridized carbons (Fsp3) is 0.441. The van der Waals surface area contributed by atoms with Gasteiger partial charge in [-0.1, -0.05) is 24.3 Å². The summed E-state index contributed by atoms with van der Waals surface area (Å²) in [4.78, 5) is 36.4. The van der Waals surface area contributed by atoms with E-state index >= 15 is 0 Å². The lowest BCUT2D eigenvalue weighted by Gasteiger charge is -2.30. The highest BCUT2D eigenvalue weighted by Gasteiger charge is 2.42. The molecule has 0 saturated carbocycles. The smallest absolute Gasteiger partial charge is 0.257 e. The van der Waals surface area contributed by atoms with Crippen molar-refractivity contribution in [3.8, 4) is 17.2 Å². The summed E-state index contributed by atoms with van der Waals surface area (Å²) in [5, 5.41) is 11.0. The van der Waals surface area contributed by atoms with Crippen LogP contribution in [0, 0.1) is 6.92 Å². The predicted octanol–water partition coefficient (Wildman–Crippen LogP) is 4.66. The number of unbranched alkanes of at least 4 members (excludes halogenated alkanes) is 2. The summed E-state index contributed by atoms with van der Waals surface area (Å²) in [6.07, 6.45) is 4.83. The normalized spacial score (nSPS) is 22.4. The minimum Gasteiger partial charge on any atom is -0.493 e. The Labute approximate surface area is 258 Å². The maximum atomic E-state index is 13.3. The number of aliphatic hydroxyl groups is 1. The fourth-order valence-corrected chi connectivity index (χ4v) is 6.52. The lowest BCUT2D eigenvalue weighted by molar-refractivity contribution is 0.0527. The number of aliphatic hydroxyl groups excluding tert-OH is 1. The number of nitrogens with zero attached hydrogens (tertiary/aromatic N) is 4. The van der Waals surface area contributed by atoms with Gasteiger partial charge in [-0.15, -0.1) is 0 Å². The van der Waals surface area contributed by atoms with Crippen molar-refractivity contribution in [3.63, 3.8) is 0 Å². The maximum absolute atomic E-state index is 13.3. The minimum atomic E-state index is -0.821. The number of hydrogen-bond acceptors (Lipinski definition) is 8. The van der Waals surface area contributed by atoms with Gasteiger partial charge in [-0.05, 0) is 56.7 Å². The van der Waals surface area contributed by atoms with Crippen LogP contribution in [0.2, 0.25) is 0 Å². The van der Waals surface area contributed by atoms with Crippen LogP contribution in [0.4, 0.5) is 11.4 Å². The first-order valence-corrected chi connectivity index (χ1v) is 15.2. The average Bonchev–Trinajstić information content (AvgIpc) is 3.55. The first kappa shape index (κ1) is 29.7. The molecule has 0 bridgehead atoms. The Balaban J connectivity index is 1.02. The van der Waals surface area contributed by atoms with Crippen LogP contribution in [0.1, 0.15) is 58.4 Å². The van der Waals surface area contributed by atoms with Crippen LogP contribution in [0.25, 0.3) is 0 Å². The molecule has 232 valence electrons. The first-order chi connectivity index (χ1) is 21.2. The number of aryl methyl sites for hydroxylation is 1. The van der Waals surface area contributed by atoms with Crippen molar-refractivity contribution in [2.75, 3.05) is 45.4 Å². The van der Waals surface area contributed by atoms with E-state index in [-0.39, 0.29) is 23.9 Å². The van der Waals surface area contributed by atoms with Gasteiger partial charge in [0.2, 0.25) is 0 Å². The van der Waals surface area contributed by atoms with Gasteiger partial charge < -0.3 is 34.0 Å². The first-order valence-electron chi connectivity index (χ1n) is 15.2.